The van der Waals surface area contributed by atoms with Gasteiger partial charge in [-0.2, -0.15) is 0 Å². The van der Waals surface area contributed by atoms with Crippen LogP contribution in [0.5, 0.6) is 0 Å². The maximum Gasteiger partial charge on any atom is 0.352 e. The van der Waals surface area contributed by atoms with Crippen molar-refractivity contribution >= 4 is 21.9 Å². The van der Waals surface area contributed by atoms with Gasteiger partial charge >= 0.3 is 5.97 Å². The quantitative estimate of drug-likeness (QED) is 0.752. The molecule has 1 aromatic heterocycles. The lowest BCUT2D eigenvalue weighted by Gasteiger charge is -1.96. The molecule has 1 N–H and O–H groups in total. The molecule has 1 heterocycles. The number of aromatic nitrogens is 1. The second kappa shape index (κ2) is 2.46. The highest BCUT2D eigenvalue weighted by Gasteiger charge is 2.07. The SMILES string of the molecule is Cn1c(Br)ccc1C(=O)O. The Morgan fingerprint density at radius 1 is 1.70 bits per heavy atom. The van der Waals surface area contributed by atoms with E-state index in [2.05, 4.69) is 15.9 Å². The van der Waals surface area contributed by atoms with Gasteiger partial charge in [-0.3, -0.25) is 0 Å². The van der Waals surface area contributed by atoms with E-state index in [9.17, 15) is 4.79 Å². The lowest BCUT2D eigenvalue weighted by molar-refractivity contribution is 0.0686. The van der Waals surface area contributed by atoms with E-state index in [0.717, 1.165) is 4.60 Å². The first kappa shape index (κ1) is 7.34. The van der Waals surface area contributed by atoms with Gasteiger partial charge in [-0.05, 0) is 28.1 Å². The summed E-state index contributed by atoms with van der Waals surface area (Å²) in [5, 5.41) is 8.54. The van der Waals surface area contributed by atoms with E-state index >= 15 is 0 Å². The average molecular weight is 204 g/mol. The molecule has 0 atom stereocenters. The Labute approximate surface area is 66.4 Å². The molecule has 0 bridgehead atoms. The molecule has 10 heavy (non-hydrogen) atoms. The number of nitrogens with zero attached hydrogens (tertiary/aromatic N) is 1. The molecule has 0 aliphatic rings. The molecule has 1 rings (SSSR count). The Morgan fingerprint density at radius 3 is 2.50 bits per heavy atom. The molecule has 0 fully saturated rings. The lowest BCUT2D eigenvalue weighted by atomic mass is 10.4. The number of carboxylic acids is 1. The summed E-state index contributed by atoms with van der Waals surface area (Å²) >= 11 is 3.18. The summed E-state index contributed by atoms with van der Waals surface area (Å²) < 4.78 is 2.33. The highest BCUT2D eigenvalue weighted by molar-refractivity contribution is 9.10. The maximum atomic E-state index is 10.4. The molecule has 0 aromatic carbocycles. The monoisotopic (exact) mass is 203 g/mol. The van der Waals surface area contributed by atoms with Crippen molar-refractivity contribution in [1.82, 2.24) is 4.57 Å². The fourth-order valence-corrected chi connectivity index (χ4v) is 1.02. The van der Waals surface area contributed by atoms with Crippen molar-refractivity contribution in [3.8, 4) is 0 Å². The van der Waals surface area contributed by atoms with Crippen LogP contribution in [0.2, 0.25) is 0 Å². The molecule has 0 aliphatic heterocycles. The van der Waals surface area contributed by atoms with Crippen LogP contribution in [0.3, 0.4) is 0 Å². The first-order chi connectivity index (χ1) is 4.63. The third kappa shape index (κ3) is 1.07. The molecule has 0 saturated carbocycles. The summed E-state index contributed by atoms with van der Waals surface area (Å²) in [6, 6.07) is 3.25. The Balaban J connectivity index is 3.17. The molecule has 4 heteroatoms. The first-order valence-electron chi connectivity index (χ1n) is 2.67. The predicted octanol–water partition coefficient (Wildman–Crippen LogP) is 1.49. The standard InChI is InChI=1S/C6H6BrNO2/c1-8-4(6(9)10)2-3-5(8)7/h2-3H,1H3,(H,9,10). The topological polar surface area (TPSA) is 42.2 Å². The van der Waals surface area contributed by atoms with E-state index in [1.807, 2.05) is 0 Å². The van der Waals surface area contributed by atoms with Crippen LogP contribution in [-0.2, 0) is 7.05 Å². The van der Waals surface area contributed by atoms with Gasteiger partial charge in [0.1, 0.15) is 5.69 Å². The normalized spacial score (nSPS) is 9.80. The summed E-state index contributed by atoms with van der Waals surface area (Å²) in [5.74, 6) is -0.909. The van der Waals surface area contributed by atoms with E-state index in [1.54, 1.807) is 23.7 Å². The van der Waals surface area contributed by atoms with E-state index in [4.69, 9.17) is 5.11 Å². The van der Waals surface area contributed by atoms with Crippen LogP contribution < -0.4 is 0 Å². The van der Waals surface area contributed by atoms with Crippen molar-refractivity contribution in [3.05, 3.63) is 22.4 Å². The third-order valence-electron chi connectivity index (χ3n) is 1.28. The van der Waals surface area contributed by atoms with Gasteiger partial charge in [0.15, 0.2) is 0 Å². The fraction of sp³-hybridized carbons (Fsp3) is 0.167. The van der Waals surface area contributed by atoms with Crippen molar-refractivity contribution in [3.63, 3.8) is 0 Å². The molecule has 0 saturated heterocycles. The number of hydrogen-bond donors (Lipinski definition) is 1. The smallest absolute Gasteiger partial charge is 0.352 e. The van der Waals surface area contributed by atoms with Crippen LogP contribution in [-0.4, -0.2) is 15.6 Å². The number of carboxylic acid groups (broad SMARTS) is 1. The largest absolute Gasteiger partial charge is 0.477 e. The second-order valence-corrected chi connectivity index (χ2v) is 2.72. The van der Waals surface area contributed by atoms with Gasteiger partial charge in [0, 0.05) is 7.05 Å². The van der Waals surface area contributed by atoms with Crippen LogP contribution in [0, 0.1) is 0 Å². The van der Waals surface area contributed by atoms with Crippen molar-refractivity contribution in [2.75, 3.05) is 0 Å². The summed E-state index contributed by atoms with van der Waals surface area (Å²) in [5.41, 5.74) is 0.284. The first-order valence-corrected chi connectivity index (χ1v) is 3.46. The minimum atomic E-state index is -0.909. The Morgan fingerprint density at radius 2 is 2.30 bits per heavy atom. The Kier molecular flexibility index (Phi) is 1.80. The van der Waals surface area contributed by atoms with Crippen molar-refractivity contribution in [2.24, 2.45) is 7.05 Å². The van der Waals surface area contributed by atoms with E-state index in [0.29, 0.717) is 0 Å². The molecule has 0 unspecified atom stereocenters. The van der Waals surface area contributed by atoms with Crippen molar-refractivity contribution in [2.45, 2.75) is 0 Å². The molecule has 3 nitrogen and oxygen atoms in total. The van der Waals surface area contributed by atoms with E-state index in [1.165, 1.54) is 0 Å². The van der Waals surface area contributed by atoms with Crippen LogP contribution in [0.4, 0.5) is 0 Å². The predicted molar refractivity (Wildman–Crippen MR) is 40.1 cm³/mol. The Hall–Kier alpha value is -0.770. The zero-order valence-corrected chi connectivity index (χ0v) is 6.92. The third-order valence-corrected chi connectivity index (χ3v) is 2.08. The minimum absolute atomic E-state index is 0.284. The van der Waals surface area contributed by atoms with Gasteiger partial charge in [0.2, 0.25) is 0 Å². The van der Waals surface area contributed by atoms with Gasteiger partial charge < -0.3 is 9.67 Å². The highest BCUT2D eigenvalue weighted by atomic mass is 79.9. The number of hydrogen-bond acceptors (Lipinski definition) is 1. The van der Waals surface area contributed by atoms with Gasteiger partial charge in [-0.1, -0.05) is 0 Å². The number of carbonyl (C=O) groups is 1. The zero-order valence-electron chi connectivity index (χ0n) is 5.34. The lowest BCUT2D eigenvalue weighted by Crippen LogP contribution is -2.03. The summed E-state index contributed by atoms with van der Waals surface area (Å²) in [6.07, 6.45) is 0. The number of rotatable bonds is 1. The summed E-state index contributed by atoms with van der Waals surface area (Å²) in [6.45, 7) is 0. The fourth-order valence-electron chi connectivity index (χ4n) is 0.701. The summed E-state index contributed by atoms with van der Waals surface area (Å²) in [4.78, 5) is 10.4. The molecule has 0 aliphatic carbocycles. The van der Waals surface area contributed by atoms with Crippen LogP contribution in [0.15, 0.2) is 16.7 Å². The van der Waals surface area contributed by atoms with Crippen LogP contribution in [0.25, 0.3) is 0 Å². The van der Waals surface area contributed by atoms with Gasteiger partial charge in [0.25, 0.3) is 0 Å². The zero-order chi connectivity index (χ0) is 7.72. The average Bonchev–Trinajstić information content (AvgIpc) is 2.14. The minimum Gasteiger partial charge on any atom is -0.477 e. The van der Waals surface area contributed by atoms with Crippen molar-refractivity contribution < 1.29 is 9.90 Å². The molecule has 0 spiro atoms. The molecule has 0 radical (unpaired) electrons. The molecular weight excluding hydrogens is 198 g/mol. The summed E-state index contributed by atoms with van der Waals surface area (Å²) in [7, 11) is 1.69. The molecular formula is C6H6BrNO2. The van der Waals surface area contributed by atoms with E-state index in [-0.39, 0.29) is 5.69 Å². The van der Waals surface area contributed by atoms with Gasteiger partial charge in [0.05, 0.1) is 4.60 Å². The number of halogens is 1. The van der Waals surface area contributed by atoms with Crippen LogP contribution >= 0.6 is 15.9 Å². The van der Waals surface area contributed by atoms with Crippen molar-refractivity contribution in [1.29, 1.82) is 0 Å². The number of aromatic carboxylic acids is 1. The molecule has 54 valence electrons. The second-order valence-electron chi connectivity index (χ2n) is 1.91. The van der Waals surface area contributed by atoms with E-state index < -0.39 is 5.97 Å². The maximum absolute atomic E-state index is 10.4. The molecule has 1 aromatic rings. The van der Waals surface area contributed by atoms with Crippen LogP contribution in [0.1, 0.15) is 10.5 Å². The van der Waals surface area contributed by atoms with Gasteiger partial charge in [-0.25, -0.2) is 4.79 Å². The highest BCUT2D eigenvalue weighted by Crippen LogP contribution is 2.12. The van der Waals surface area contributed by atoms with Gasteiger partial charge in [-0.15, -0.1) is 0 Å². The Bertz CT molecular complexity index is 267. The molecule has 0 amide bonds.